The largest absolute Gasteiger partial charge is 0.322 e. The second-order valence-corrected chi connectivity index (χ2v) is 5.30. The van der Waals surface area contributed by atoms with Gasteiger partial charge in [-0.2, -0.15) is 0 Å². The minimum atomic E-state index is -0.586. The standard InChI is InChI=1S/C14H9BrFN5O/c15-9-4-5-13(16)12(6-9)14(22)18-10-2-1-3-11(7-10)21-8-17-19-20-21/h1-8H,(H,18,22). The number of rotatable bonds is 3. The van der Waals surface area contributed by atoms with Crippen LogP contribution < -0.4 is 5.32 Å². The monoisotopic (exact) mass is 361 g/mol. The van der Waals surface area contributed by atoms with E-state index in [1.165, 1.54) is 29.2 Å². The molecule has 0 aliphatic carbocycles. The first-order valence-corrected chi connectivity index (χ1v) is 7.02. The molecule has 22 heavy (non-hydrogen) atoms. The summed E-state index contributed by atoms with van der Waals surface area (Å²) in [5.41, 5.74) is 1.15. The second-order valence-electron chi connectivity index (χ2n) is 4.38. The Labute approximate surface area is 133 Å². The van der Waals surface area contributed by atoms with Crippen LogP contribution in [0.5, 0.6) is 0 Å². The molecular formula is C14H9BrFN5O. The number of nitrogens with one attached hydrogen (secondary N) is 1. The number of hydrogen-bond acceptors (Lipinski definition) is 4. The maximum Gasteiger partial charge on any atom is 0.258 e. The molecule has 1 aromatic heterocycles. The third kappa shape index (κ3) is 3.01. The molecule has 0 aliphatic heterocycles. The molecule has 110 valence electrons. The van der Waals surface area contributed by atoms with Crippen molar-refractivity contribution in [1.82, 2.24) is 20.2 Å². The summed E-state index contributed by atoms with van der Waals surface area (Å²) in [6.45, 7) is 0. The van der Waals surface area contributed by atoms with Gasteiger partial charge in [-0.25, -0.2) is 9.07 Å². The lowest BCUT2D eigenvalue weighted by atomic mass is 10.2. The van der Waals surface area contributed by atoms with Crippen molar-refractivity contribution in [2.45, 2.75) is 0 Å². The van der Waals surface area contributed by atoms with Gasteiger partial charge < -0.3 is 5.32 Å². The molecule has 0 saturated carbocycles. The number of anilines is 1. The van der Waals surface area contributed by atoms with E-state index < -0.39 is 11.7 Å². The Hall–Kier alpha value is -2.61. The van der Waals surface area contributed by atoms with Gasteiger partial charge in [0.25, 0.3) is 5.91 Å². The van der Waals surface area contributed by atoms with E-state index in [1.54, 1.807) is 24.3 Å². The van der Waals surface area contributed by atoms with Gasteiger partial charge in [0.15, 0.2) is 0 Å². The summed E-state index contributed by atoms with van der Waals surface area (Å²) in [7, 11) is 0. The molecule has 8 heteroatoms. The molecule has 3 aromatic rings. The van der Waals surface area contributed by atoms with Crippen molar-refractivity contribution in [3.63, 3.8) is 0 Å². The zero-order chi connectivity index (χ0) is 15.5. The number of nitrogens with zero attached hydrogens (tertiary/aromatic N) is 4. The van der Waals surface area contributed by atoms with Gasteiger partial charge in [0, 0.05) is 10.2 Å². The first kappa shape index (κ1) is 14.3. The van der Waals surface area contributed by atoms with Crippen molar-refractivity contribution in [3.05, 3.63) is 64.6 Å². The first-order chi connectivity index (χ1) is 10.6. The molecule has 6 nitrogen and oxygen atoms in total. The Morgan fingerprint density at radius 3 is 2.86 bits per heavy atom. The minimum absolute atomic E-state index is 0.0396. The predicted octanol–water partition coefficient (Wildman–Crippen LogP) is 2.82. The molecule has 1 N–H and O–H groups in total. The fraction of sp³-hybridized carbons (Fsp3) is 0. The van der Waals surface area contributed by atoms with Gasteiger partial charge in [0.1, 0.15) is 12.1 Å². The second kappa shape index (κ2) is 6.02. The summed E-state index contributed by atoms with van der Waals surface area (Å²) < 4.78 is 15.8. The smallest absolute Gasteiger partial charge is 0.258 e. The summed E-state index contributed by atoms with van der Waals surface area (Å²) in [5, 5.41) is 13.5. The van der Waals surface area contributed by atoms with E-state index in [9.17, 15) is 9.18 Å². The topological polar surface area (TPSA) is 72.7 Å². The van der Waals surface area contributed by atoms with Crippen LogP contribution >= 0.6 is 15.9 Å². The van der Waals surface area contributed by atoms with E-state index in [4.69, 9.17) is 0 Å². The zero-order valence-electron chi connectivity index (χ0n) is 11.1. The summed E-state index contributed by atoms with van der Waals surface area (Å²) in [5.74, 6) is -1.12. The predicted molar refractivity (Wildman–Crippen MR) is 81.2 cm³/mol. The molecule has 0 unspecified atom stereocenters. The van der Waals surface area contributed by atoms with E-state index in [2.05, 4.69) is 36.8 Å². The van der Waals surface area contributed by atoms with Crippen LogP contribution in [-0.2, 0) is 0 Å². The van der Waals surface area contributed by atoms with Gasteiger partial charge in [0.05, 0.1) is 11.3 Å². The molecule has 1 amide bonds. The number of halogens is 2. The van der Waals surface area contributed by atoms with Gasteiger partial charge in [-0.05, 0) is 46.8 Å². The fourth-order valence-electron chi connectivity index (χ4n) is 1.88. The van der Waals surface area contributed by atoms with Crippen LogP contribution in [0.3, 0.4) is 0 Å². The molecular weight excluding hydrogens is 353 g/mol. The SMILES string of the molecule is O=C(Nc1cccc(-n2cnnn2)c1)c1cc(Br)ccc1F. The molecule has 2 aromatic carbocycles. The number of amides is 1. The minimum Gasteiger partial charge on any atom is -0.322 e. The summed E-state index contributed by atoms with van der Waals surface area (Å²) in [4.78, 5) is 12.2. The Morgan fingerprint density at radius 2 is 2.09 bits per heavy atom. The number of aromatic nitrogens is 4. The normalized spacial score (nSPS) is 10.5. The number of hydrogen-bond donors (Lipinski definition) is 1. The van der Waals surface area contributed by atoms with Crippen molar-refractivity contribution in [1.29, 1.82) is 0 Å². The first-order valence-electron chi connectivity index (χ1n) is 6.23. The van der Waals surface area contributed by atoms with Crippen molar-refractivity contribution in [2.24, 2.45) is 0 Å². The highest BCUT2D eigenvalue weighted by atomic mass is 79.9. The third-order valence-electron chi connectivity index (χ3n) is 2.89. The molecule has 0 fully saturated rings. The van der Waals surface area contributed by atoms with Crippen LogP contribution in [0.2, 0.25) is 0 Å². The van der Waals surface area contributed by atoms with Crippen molar-refractivity contribution >= 4 is 27.5 Å². The quantitative estimate of drug-likeness (QED) is 0.778. The van der Waals surface area contributed by atoms with Crippen LogP contribution in [0, 0.1) is 5.82 Å². The molecule has 0 spiro atoms. The number of carbonyl (C=O) groups is 1. The van der Waals surface area contributed by atoms with E-state index in [-0.39, 0.29) is 5.56 Å². The highest BCUT2D eigenvalue weighted by molar-refractivity contribution is 9.10. The third-order valence-corrected chi connectivity index (χ3v) is 3.38. The number of carbonyl (C=O) groups excluding carboxylic acids is 1. The molecule has 0 atom stereocenters. The maximum absolute atomic E-state index is 13.7. The van der Waals surface area contributed by atoms with E-state index >= 15 is 0 Å². The fourth-order valence-corrected chi connectivity index (χ4v) is 2.24. The Kier molecular flexibility index (Phi) is 3.92. The maximum atomic E-state index is 13.7. The molecule has 0 aliphatic rings. The van der Waals surface area contributed by atoms with E-state index in [0.717, 1.165) is 0 Å². The lowest BCUT2D eigenvalue weighted by Crippen LogP contribution is -2.14. The highest BCUT2D eigenvalue weighted by Gasteiger charge is 2.12. The molecule has 3 rings (SSSR count). The van der Waals surface area contributed by atoms with E-state index in [1.807, 2.05) is 0 Å². The summed E-state index contributed by atoms with van der Waals surface area (Å²) in [6, 6.07) is 11.1. The molecule has 0 radical (unpaired) electrons. The highest BCUT2D eigenvalue weighted by Crippen LogP contribution is 2.18. The van der Waals surface area contributed by atoms with Gasteiger partial charge in [0.2, 0.25) is 0 Å². The lowest BCUT2D eigenvalue weighted by Gasteiger charge is -2.08. The Bertz CT molecular complexity index is 822. The molecule has 0 saturated heterocycles. The number of benzene rings is 2. The van der Waals surface area contributed by atoms with Gasteiger partial charge >= 0.3 is 0 Å². The van der Waals surface area contributed by atoms with E-state index in [0.29, 0.717) is 15.8 Å². The summed E-state index contributed by atoms with van der Waals surface area (Å²) in [6.07, 6.45) is 1.44. The zero-order valence-corrected chi connectivity index (χ0v) is 12.7. The van der Waals surface area contributed by atoms with Crippen LogP contribution in [0.25, 0.3) is 5.69 Å². The Balaban J connectivity index is 1.85. The van der Waals surface area contributed by atoms with Crippen LogP contribution in [0.1, 0.15) is 10.4 Å². The van der Waals surface area contributed by atoms with Gasteiger partial charge in [-0.15, -0.1) is 5.10 Å². The van der Waals surface area contributed by atoms with Crippen molar-refractivity contribution in [2.75, 3.05) is 5.32 Å². The molecule has 1 heterocycles. The number of tetrazole rings is 1. The average Bonchev–Trinajstić information content (AvgIpc) is 3.04. The van der Waals surface area contributed by atoms with Crippen molar-refractivity contribution in [3.8, 4) is 5.69 Å². The van der Waals surface area contributed by atoms with Crippen LogP contribution in [-0.4, -0.2) is 26.1 Å². The van der Waals surface area contributed by atoms with Crippen LogP contribution in [0.4, 0.5) is 10.1 Å². The Morgan fingerprint density at radius 1 is 1.23 bits per heavy atom. The van der Waals surface area contributed by atoms with Gasteiger partial charge in [-0.1, -0.05) is 22.0 Å². The summed E-state index contributed by atoms with van der Waals surface area (Å²) >= 11 is 3.22. The average molecular weight is 362 g/mol. The van der Waals surface area contributed by atoms with Gasteiger partial charge in [-0.3, -0.25) is 4.79 Å². The lowest BCUT2D eigenvalue weighted by molar-refractivity contribution is 0.102. The van der Waals surface area contributed by atoms with Crippen LogP contribution in [0.15, 0.2) is 53.3 Å². The molecule has 0 bridgehead atoms. The van der Waals surface area contributed by atoms with Crippen molar-refractivity contribution < 1.29 is 9.18 Å².